The Balaban J connectivity index is 0.000000195. The minimum Gasteiger partial charge on any atom is -0.481 e. The van der Waals surface area contributed by atoms with Crippen LogP contribution in [0.1, 0.15) is 114 Å². The molecule has 0 bridgehead atoms. The third-order valence-corrected chi connectivity index (χ3v) is 23.5. The van der Waals surface area contributed by atoms with Crippen LogP contribution in [0.5, 0.6) is 0 Å². The summed E-state index contributed by atoms with van der Waals surface area (Å²) in [5, 5.41) is 28.3. The van der Waals surface area contributed by atoms with E-state index in [1.165, 1.54) is 71.1 Å². The van der Waals surface area contributed by atoms with Gasteiger partial charge in [-0.05, 0) is 199 Å². The van der Waals surface area contributed by atoms with Crippen molar-refractivity contribution in [2.75, 3.05) is 43.0 Å². The van der Waals surface area contributed by atoms with Gasteiger partial charge in [0.1, 0.15) is 6.42 Å². The lowest BCUT2D eigenvalue weighted by atomic mass is 9.79. The maximum atomic E-state index is 13.2. The molecule has 4 aliphatic heterocycles. The predicted molar refractivity (Wildman–Crippen MR) is 475 cm³/mol. The van der Waals surface area contributed by atoms with Gasteiger partial charge in [0.2, 0.25) is 29.1 Å². The zero-order valence-corrected chi connectivity index (χ0v) is 69.1. The normalized spacial score (nSPS) is 16.6. The Hall–Kier alpha value is -10.6. The molecule has 10 aromatic rings. The minimum atomic E-state index is -0.809. The molecule has 3 amide bonds. The Bertz CT molecular complexity index is 5640. The number of rotatable bonds is 24. The molecule has 0 atom stereocenters. The van der Waals surface area contributed by atoms with Crippen molar-refractivity contribution in [3.63, 3.8) is 0 Å². The molecular weight excluding hydrogens is 1600 g/mol. The zero-order valence-electron chi connectivity index (χ0n) is 64.8. The number of aliphatic carboxylic acids is 1. The molecule has 4 N–H and O–H groups in total. The zero-order chi connectivity index (χ0) is 78.2. The number of hydrogen-bond donors (Lipinski definition) is 4. The smallest absolute Gasteiger partial charge is 0.309 e. The highest BCUT2D eigenvalue weighted by Crippen LogP contribution is 2.53. The molecule has 4 aliphatic rings. The number of benzene rings is 10. The maximum absolute atomic E-state index is 13.2. The maximum Gasteiger partial charge on any atom is 0.309 e. The van der Waals surface area contributed by atoms with E-state index in [0.29, 0.717) is 58.5 Å². The van der Waals surface area contributed by atoms with Gasteiger partial charge < -0.3 is 30.9 Å². The van der Waals surface area contributed by atoms with Crippen molar-refractivity contribution < 1.29 is 33.4 Å². The van der Waals surface area contributed by atoms with Crippen LogP contribution in [0.4, 0.5) is 22.7 Å². The van der Waals surface area contributed by atoms with Crippen molar-refractivity contribution in [3.8, 4) is 0 Å². The number of fused-ring (bicyclic) bond motifs is 12. The molecule has 14 heteroatoms. The third kappa shape index (κ3) is 16.7. The fourth-order valence-electron chi connectivity index (χ4n) is 16.9. The third-order valence-electron chi connectivity index (χ3n) is 22.2. The highest BCUT2D eigenvalue weighted by Gasteiger charge is 2.48. The minimum absolute atomic E-state index is 0.0247. The van der Waals surface area contributed by atoms with Gasteiger partial charge in [-0.15, -0.1) is 0 Å². The summed E-state index contributed by atoms with van der Waals surface area (Å²) in [5.41, 5.74) is 15.2. The number of carbonyl (C=O) groups excluding carboxylic acids is 3. The summed E-state index contributed by atoms with van der Waals surface area (Å²) in [6, 6.07) is 67.9. The Morgan fingerprint density at radius 2 is 0.757 bits per heavy atom. The topological polar surface area (TPSA) is 137 Å². The van der Waals surface area contributed by atoms with Crippen molar-refractivity contribution >= 4 is 146 Å². The summed E-state index contributed by atoms with van der Waals surface area (Å²) in [5.74, 6) is -0.721. The Morgan fingerprint density at radius 1 is 0.396 bits per heavy atom. The van der Waals surface area contributed by atoms with Crippen LogP contribution in [-0.2, 0) is 53.9 Å². The van der Waals surface area contributed by atoms with E-state index in [9.17, 15) is 24.3 Å². The number of halogens is 2. The number of nitrogens with zero attached hydrogens (tertiary/aromatic N) is 4. The van der Waals surface area contributed by atoms with E-state index >= 15 is 0 Å². The van der Waals surface area contributed by atoms with Crippen LogP contribution in [0, 0.1) is 7.14 Å². The average Bonchev–Trinajstić information content (AvgIpc) is 1.60. The van der Waals surface area contributed by atoms with Gasteiger partial charge in [-0.1, -0.05) is 222 Å². The van der Waals surface area contributed by atoms with Gasteiger partial charge in [0, 0.05) is 122 Å². The summed E-state index contributed by atoms with van der Waals surface area (Å²) >= 11 is 4.60. The van der Waals surface area contributed by atoms with Crippen LogP contribution in [-0.4, -0.2) is 82.6 Å². The number of anilines is 2. The van der Waals surface area contributed by atoms with Gasteiger partial charge in [0.05, 0.1) is 17.3 Å². The van der Waals surface area contributed by atoms with Gasteiger partial charge in [-0.25, -0.2) is 0 Å². The number of allylic oxidation sites excluding steroid dienone is 16. The molecule has 0 radical (unpaired) electrons. The monoisotopic (exact) mass is 1690 g/mol. The van der Waals surface area contributed by atoms with Gasteiger partial charge >= 0.3 is 5.97 Å². The van der Waals surface area contributed by atoms with E-state index in [-0.39, 0.29) is 45.8 Å². The second-order valence-corrected chi connectivity index (χ2v) is 33.3. The Labute approximate surface area is 680 Å². The van der Waals surface area contributed by atoms with Crippen LogP contribution in [0.25, 0.3) is 43.1 Å². The molecule has 0 aliphatic carbocycles. The first-order chi connectivity index (χ1) is 53.5. The van der Waals surface area contributed by atoms with Crippen LogP contribution in [0.3, 0.4) is 0 Å². The standard InChI is InChI=1S/C49H49IN4O2.C48H46IN3O3/c1-48(2)42(53(30-28-44(55)51-5)40-26-24-35-17-11-13-20-38(35)46(40)48)22-9-7-6-8-10-23-43-49(3,4)47-39-21-14-12-18-36(39)25-27-41(47)54(43)31-29-45(56)52-33-34-16-15-19-37(50)32-34;1-47(2)41(51(39-25-23-34-16-10-12-19-37(34)45(39)47)29-27-43(53)50-32-33-15-14-18-36(49)31-33)21-8-6-5-7-9-22-42-48(3,4)46-38-20-13-11-17-35(38)24-26-40(46)52(42)30-28-44(54)55/h6-27,32H,28-31,33H2,1-5H3,(H-,51,52,55,56);5-26,31H,27-30,32H2,1-4H3,(H-,50,53,54,55)/p+2. The predicted octanol–water partition coefficient (Wildman–Crippen LogP) is 20.7. The average molecular weight is 1690 g/mol. The molecule has 0 spiro atoms. The Kier molecular flexibility index (Phi) is 24.0. The molecule has 0 saturated heterocycles. The lowest BCUT2D eigenvalue weighted by Gasteiger charge is -2.27. The first kappa shape index (κ1) is 78.6. The molecule has 10 aromatic carbocycles. The van der Waals surface area contributed by atoms with Crippen LogP contribution in [0.2, 0.25) is 0 Å². The number of amides is 3. The summed E-state index contributed by atoms with van der Waals surface area (Å²) < 4.78 is 6.78. The molecule has 0 saturated carbocycles. The van der Waals surface area contributed by atoms with Crippen LogP contribution < -0.4 is 25.8 Å². The van der Waals surface area contributed by atoms with E-state index < -0.39 is 5.97 Å². The van der Waals surface area contributed by atoms with Crippen LogP contribution in [0.15, 0.2) is 291 Å². The fraction of sp³-hybridized carbons (Fsp3) is 0.237. The summed E-state index contributed by atoms with van der Waals surface area (Å²) in [6.07, 6.45) is 30.5. The molecule has 0 fully saturated rings. The highest BCUT2D eigenvalue weighted by atomic mass is 127. The summed E-state index contributed by atoms with van der Waals surface area (Å²) in [7, 11) is 1.69. The molecule has 0 aromatic heterocycles. The first-order valence-corrected chi connectivity index (χ1v) is 40.5. The number of carboxylic acid groups (broad SMARTS) is 1. The van der Waals surface area contributed by atoms with E-state index in [0.717, 1.165) is 58.1 Å². The number of carbonyl (C=O) groups is 4. The van der Waals surface area contributed by atoms with Crippen molar-refractivity contribution in [1.82, 2.24) is 16.0 Å². The highest BCUT2D eigenvalue weighted by molar-refractivity contribution is 14.1. The van der Waals surface area contributed by atoms with Crippen molar-refractivity contribution in [2.24, 2.45) is 0 Å². The molecule has 12 nitrogen and oxygen atoms in total. The number of carboxylic acids is 1. The molecule has 0 unspecified atom stereocenters. The Morgan fingerprint density at radius 3 is 1.14 bits per heavy atom. The van der Waals surface area contributed by atoms with Crippen molar-refractivity contribution in [3.05, 3.63) is 331 Å². The fourth-order valence-corrected chi connectivity index (χ4v) is 18.1. The molecule has 4 heterocycles. The molecule has 14 rings (SSSR count). The van der Waals surface area contributed by atoms with Crippen molar-refractivity contribution in [1.29, 1.82) is 0 Å². The summed E-state index contributed by atoms with van der Waals surface area (Å²) in [4.78, 5) is 54.9. The summed E-state index contributed by atoms with van der Waals surface area (Å²) in [6.45, 7) is 21.3. The van der Waals surface area contributed by atoms with E-state index in [1.54, 1.807) is 7.05 Å². The van der Waals surface area contributed by atoms with Gasteiger partial charge in [-0.2, -0.15) is 9.15 Å². The molecule has 562 valence electrons. The lowest BCUT2D eigenvalue weighted by molar-refractivity contribution is -0.436. The van der Waals surface area contributed by atoms with Crippen LogP contribution >= 0.6 is 45.2 Å². The largest absolute Gasteiger partial charge is 0.481 e. The molecule has 111 heavy (non-hydrogen) atoms. The van der Waals surface area contributed by atoms with Gasteiger partial charge in [0.25, 0.3) is 0 Å². The van der Waals surface area contributed by atoms with Gasteiger partial charge in [0.15, 0.2) is 24.5 Å². The second-order valence-electron chi connectivity index (χ2n) is 30.8. The van der Waals surface area contributed by atoms with Gasteiger partial charge in [-0.3, -0.25) is 19.2 Å². The first-order valence-electron chi connectivity index (χ1n) is 38.3. The SMILES string of the molecule is CC1(C)C(/C=C/C=C/C=C/C=C2/N(CCC(=O)NCc3cccc(I)c3)c3ccc4ccccc4c3C2(C)C)=[N+](CCC(=O)O)c2ccc3ccccc3c21.CNC(=O)CC[N+]1=C(/C=C/C=C/C=C/C=C2/N(CCC(=O)NCc3cccc(I)c3)c3ccc4ccccc4c3C2(C)C)C(C)(C)c2c1ccc1ccccc21. The second kappa shape index (κ2) is 34.0. The number of hydrogen-bond acceptors (Lipinski definition) is 6. The molecular formula is C97H97I2N7O5+2. The van der Waals surface area contributed by atoms with E-state index in [1.807, 2.05) is 54.6 Å². The van der Waals surface area contributed by atoms with E-state index in [2.05, 4.69) is 360 Å². The number of nitrogens with one attached hydrogen (secondary N) is 3. The lowest BCUT2D eigenvalue weighted by Crippen LogP contribution is -2.31. The van der Waals surface area contributed by atoms with E-state index in [4.69, 9.17) is 0 Å². The van der Waals surface area contributed by atoms with Crippen molar-refractivity contribution in [2.45, 2.75) is 116 Å². The quantitative estimate of drug-likeness (QED) is 0.0269.